The zero-order valence-corrected chi connectivity index (χ0v) is 46.2. The van der Waals surface area contributed by atoms with Gasteiger partial charge < -0.3 is 136 Å². The third-order valence-corrected chi connectivity index (χ3v) is 13.5. The van der Waals surface area contributed by atoms with Gasteiger partial charge in [-0.1, -0.05) is 12.1 Å². The minimum absolute atomic E-state index is 0. The number of esters is 3. The molecule has 14 N–H and O–H groups in total. The normalized spacial score (nSPS) is 27.2. The Morgan fingerprint density at radius 1 is 0.563 bits per heavy atom. The number of halogens is 1. The Morgan fingerprint density at radius 2 is 1.15 bits per heavy atom. The highest BCUT2D eigenvalue weighted by Gasteiger charge is 2.54. The van der Waals surface area contributed by atoms with Gasteiger partial charge >= 0.3 is 35.2 Å². The fourth-order valence-corrected chi connectivity index (χ4v) is 9.01. The molecule has 0 radical (unpaired) electrons. The number of phenolic OH excluding ortho intramolecular Hbond substituents is 5. The number of aliphatic hydroxyl groups excluding tert-OH is 8. The minimum Gasteiger partial charge on any atom is -1.00 e. The van der Waals surface area contributed by atoms with Gasteiger partial charge in [0.05, 0.1) is 32.5 Å². The number of rotatable bonds is 21. The van der Waals surface area contributed by atoms with Crippen LogP contribution in [0.3, 0.4) is 0 Å². The standard InChI is InChI=1S/C56H58O30.ClH/c1-75-33-13-24(14-34(76-2)43(33)67)6-12-41(65)85-52-48(72)44(68)36(20-57)82-56(52)86-53-49(73)46(70)38(21-77-40(64)11-5-23-3-8-26(58)9-4-23)84-55(53)81-35-18-28-31(79-51(35)25-7-10-29(60)30(61)15-25)16-27(59)17-32(28)80-54-50(74)47(71)45(69)37(83-54)22-78-42(66)19-39(62)63;/h3-18,36-38,44-50,52-57,68-74H,19-22H2,1-2H3,(H5-,58,59,60,61,62,63,64,65,67);1H/t36-,37-,38-,44-,45-,46-,47+,48+,49+,50-,52-,53-,54-,55-,56+;/m1./s1. The number of carboxylic acid groups (broad SMARTS) is 1. The highest BCUT2D eigenvalue weighted by atomic mass is 35.5. The number of carbonyl (C=O) groups excluding carboxylic acids is 3. The van der Waals surface area contributed by atoms with Crippen molar-refractivity contribution < 1.29 is 160 Å². The molecular formula is C56H59ClO30. The van der Waals surface area contributed by atoms with Crippen molar-refractivity contribution in [1.82, 2.24) is 0 Å². The number of carbonyl (C=O) groups is 4. The number of aromatic hydroxyl groups is 5. The summed E-state index contributed by atoms with van der Waals surface area (Å²) in [5.41, 5.74) is 0.296. The van der Waals surface area contributed by atoms with Crippen LogP contribution in [0.25, 0.3) is 34.4 Å². The molecule has 3 aliphatic heterocycles. The van der Waals surface area contributed by atoms with Crippen molar-refractivity contribution in [3.63, 3.8) is 0 Å². The van der Waals surface area contributed by atoms with Gasteiger partial charge in [0, 0.05) is 30.4 Å². The van der Waals surface area contributed by atoms with Crippen LogP contribution in [0, 0.1) is 0 Å². The van der Waals surface area contributed by atoms with Crippen LogP contribution in [0.1, 0.15) is 17.5 Å². The second kappa shape index (κ2) is 28.9. The molecule has 4 aromatic carbocycles. The van der Waals surface area contributed by atoms with Crippen LogP contribution in [0.4, 0.5) is 0 Å². The number of fused-ring (bicyclic) bond motifs is 1. The van der Waals surface area contributed by atoms with Gasteiger partial charge in [-0.3, -0.25) is 9.59 Å². The summed E-state index contributed by atoms with van der Waals surface area (Å²) >= 11 is 0. The summed E-state index contributed by atoms with van der Waals surface area (Å²) in [6.07, 6.45) is -26.8. The first-order valence-electron chi connectivity index (χ1n) is 25.8. The zero-order chi connectivity index (χ0) is 62.3. The lowest BCUT2D eigenvalue weighted by Gasteiger charge is -2.46. The molecule has 0 spiro atoms. The first-order chi connectivity index (χ1) is 41.0. The number of ether oxygens (including phenoxy) is 11. The average Bonchev–Trinajstić information content (AvgIpc) is 1.37. The molecule has 87 heavy (non-hydrogen) atoms. The topological polar surface area (TPSA) is 464 Å². The number of carboxylic acids is 1. The Balaban J connectivity index is 0.0000108. The summed E-state index contributed by atoms with van der Waals surface area (Å²) in [4.78, 5) is 49.7. The molecule has 0 aliphatic carbocycles. The first-order valence-corrected chi connectivity index (χ1v) is 25.8. The fourth-order valence-electron chi connectivity index (χ4n) is 9.01. The highest BCUT2D eigenvalue weighted by molar-refractivity contribution is 5.91. The monoisotopic (exact) mass is 1250 g/mol. The number of benzene rings is 4. The van der Waals surface area contributed by atoms with Gasteiger partial charge in [0.1, 0.15) is 103 Å². The Morgan fingerprint density at radius 3 is 1.79 bits per heavy atom. The molecule has 4 heterocycles. The van der Waals surface area contributed by atoms with E-state index in [1.54, 1.807) is 0 Å². The van der Waals surface area contributed by atoms with Crippen molar-refractivity contribution in [3.8, 4) is 63.1 Å². The Kier molecular flexibility index (Phi) is 22.0. The van der Waals surface area contributed by atoms with E-state index in [4.69, 9.17) is 61.6 Å². The van der Waals surface area contributed by atoms with E-state index in [1.165, 1.54) is 68.8 Å². The maximum absolute atomic E-state index is 13.6. The molecular weight excluding hydrogens is 1190 g/mol. The molecule has 8 rings (SSSR count). The Hall–Kier alpha value is -8.34. The van der Waals surface area contributed by atoms with E-state index in [0.29, 0.717) is 5.56 Å². The van der Waals surface area contributed by atoms with Crippen molar-refractivity contribution >= 4 is 47.0 Å². The van der Waals surface area contributed by atoms with Crippen molar-refractivity contribution in [1.29, 1.82) is 0 Å². The second-order valence-electron chi connectivity index (χ2n) is 19.4. The Labute approximate surface area is 496 Å². The third-order valence-electron chi connectivity index (χ3n) is 13.5. The lowest BCUT2D eigenvalue weighted by atomic mass is 9.97. The largest absolute Gasteiger partial charge is 1.00 e. The predicted octanol–water partition coefficient (Wildman–Crippen LogP) is -3.33. The van der Waals surface area contributed by atoms with Crippen LogP contribution in [0.2, 0.25) is 0 Å². The highest BCUT2D eigenvalue weighted by Crippen LogP contribution is 2.44. The molecule has 30 nitrogen and oxygen atoms in total. The number of aliphatic carboxylic acids is 1. The van der Waals surface area contributed by atoms with Gasteiger partial charge in [0.2, 0.25) is 24.1 Å². The molecule has 3 saturated heterocycles. The summed E-state index contributed by atoms with van der Waals surface area (Å²) in [5, 5.41) is 150. The maximum Gasteiger partial charge on any atom is 0.402 e. The predicted molar refractivity (Wildman–Crippen MR) is 284 cm³/mol. The van der Waals surface area contributed by atoms with E-state index in [0.717, 1.165) is 42.5 Å². The second-order valence-corrected chi connectivity index (χ2v) is 19.4. The SMILES string of the molecule is COc1cc(/C=C/C(=O)O[C@H]2[C@H](O[C@H]3[C@H](Oc4cc5c(O[C@@H]6O[C@H](COC(=O)CC(=O)O)[C@@H](O)[C@H](O)[C@H]6O)cc(O)cc5[o+]c4-c4ccc(O)c(O)c4)O[C@H](COC(=O)/C=C/c4ccc(O)cc4)[C@@H](O)[C@@H]3O)O[C@H](CO)[C@@H](O)[C@@H]2O)cc(OC)c1O.[Cl-]. The molecule has 0 unspecified atom stereocenters. The number of methoxy groups -OCH3 is 2. The minimum atomic E-state index is -2.24. The molecule has 31 heteroatoms. The van der Waals surface area contributed by atoms with E-state index >= 15 is 0 Å². The molecule has 3 aliphatic rings. The molecule has 3 fully saturated rings. The van der Waals surface area contributed by atoms with Crippen LogP contribution in [-0.4, -0.2) is 222 Å². The third kappa shape index (κ3) is 15.6. The van der Waals surface area contributed by atoms with Crippen LogP contribution in [-0.2, 0) is 52.3 Å². The first kappa shape index (κ1) is 66.2. The molecule has 0 amide bonds. The maximum atomic E-state index is 13.6. The Bertz CT molecular complexity index is 3280. The van der Waals surface area contributed by atoms with Crippen LogP contribution in [0.15, 0.2) is 89.4 Å². The zero-order valence-electron chi connectivity index (χ0n) is 45.4. The smallest absolute Gasteiger partial charge is 0.402 e. The van der Waals surface area contributed by atoms with Gasteiger partial charge in [-0.2, -0.15) is 0 Å². The van der Waals surface area contributed by atoms with E-state index in [1.807, 2.05) is 0 Å². The van der Waals surface area contributed by atoms with Crippen molar-refractivity contribution in [3.05, 3.63) is 96.1 Å². The summed E-state index contributed by atoms with van der Waals surface area (Å²) < 4.78 is 68.7. The van der Waals surface area contributed by atoms with Crippen LogP contribution in [0.5, 0.6) is 51.7 Å². The van der Waals surface area contributed by atoms with Crippen LogP contribution >= 0.6 is 0 Å². The van der Waals surface area contributed by atoms with E-state index in [-0.39, 0.29) is 57.5 Å². The molecule has 15 atom stereocenters. The summed E-state index contributed by atoms with van der Waals surface area (Å²) in [6.45, 7) is -2.68. The molecule has 5 aromatic rings. The van der Waals surface area contributed by atoms with Crippen molar-refractivity contribution in [2.24, 2.45) is 0 Å². The molecule has 470 valence electrons. The van der Waals surface area contributed by atoms with Gasteiger partial charge in [-0.25, -0.2) is 14.0 Å². The van der Waals surface area contributed by atoms with E-state index < -0.39 is 177 Å². The van der Waals surface area contributed by atoms with E-state index in [2.05, 4.69) is 0 Å². The molecule has 0 bridgehead atoms. The lowest BCUT2D eigenvalue weighted by Crippen LogP contribution is -3.00. The summed E-state index contributed by atoms with van der Waals surface area (Å²) in [5.74, 6) is -8.79. The van der Waals surface area contributed by atoms with Gasteiger partial charge in [0.15, 0.2) is 41.5 Å². The van der Waals surface area contributed by atoms with Gasteiger partial charge in [-0.15, -0.1) is 0 Å². The summed E-state index contributed by atoms with van der Waals surface area (Å²) in [7, 11) is 2.52. The quantitative estimate of drug-likeness (QED) is 0.00853. The number of hydrogen-bond donors (Lipinski definition) is 14. The van der Waals surface area contributed by atoms with E-state index in [9.17, 15) is 85.6 Å². The number of aliphatic hydroxyl groups is 8. The van der Waals surface area contributed by atoms with Crippen LogP contribution < -0.4 is 31.4 Å². The van der Waals surface area contributed by atoms with Crippen molar-refractivity contribution in [2.75, 3.05) is 34.0 Å². The van der Waals surface area contributed by atoms with Gasteiger partial charge in [0.25, 0.3) is 0 Å². The fraction of sp³-hybridized carbons (Fsp3) is 0.375. The average molecular weight is 1250 g/mol. The number of hydrogen-bond acceptors (Lipinski definition) is 28. The lowest BCUT2D eigenvalue weighted by molar-refractivity contribution is -0.358. The summed E-state index contributed by atoms with van der Waals surface area (Å²) in [6, 6.07) is 14.7. The molecule has 1 aromatic heterocycles. The van der Waals surface area contributed by atoms with Gasteiger partial charge in [-0.05, 0) is 59.7 Å². The number of phenols is 5. The molecule has 0 saturated carbocycles. The van der Waals surface area contributed by atoms with Crippen molar-refractivity contribution in [2.45, 2.75) is 98.5 Å².